The Morgan fingerprint density at radius 2 is 2.47 bits per heavy atom. The van der Waals surface area contributed by atoms with E-state index >= 15 is 0 Å². The van der Waals surface area contributed by atoms with Gasteiger partial charge in [-0.05, 0) is 37.6 Å². The minimum absolute atomic E-state index is 0.0298. The van der Waals surface area contributed by atoms with E-state index in [1.165, 1.54) is 6.42 Å². The van der Waals surface area contributed by atoms with Crippen LogP contribution in [-0.2, 0) is 4.79 Å². The molecule has 1 aromatic heterocycles. The van der Waals surface area contributed by atoms with Gasteiger partial charge >= 0.3 is 0 Å². The quantitative estimate of drug-likeness (QED) is 0.777. The summed E-state index contributed by atoms with van der Waals surface area (Å²) < 4.78 is 0. The number of amides is 1. The monoisotopic (exact) mass is 232 g/mol. The van der Waals surface area contributed by atoms with Crippen LogP contribution < -0.4 is 15.5 Å². The van der Waals surface area contributed by atoms with Crippen molar-refractivity contribution in [3.05, 3.63) is 18.3 Å². The molecule has 90 valence electrons. The number of fused-ring (bicyclic) bond motifs is 1. The minimum Gasteiger partial charge on any atom is -0.359 e. The molecular formula is C12H16N4O. The normalized spacial score (nSPS) is 23.4. The fraction of sp³-hybridized carbons (Fsp3) is 0.500. The van der Waals surface area contributed by atoms with E-state index in [4.69, 9.17) is 0 Å². The van der Waals surface area contributed by atoms with E-state index in [-0.39, 0.29) is 5.91 Å². The molecule has 2 aliphatic rings. The molecule has 2 N–H and O–H groups in total. The lowest BCUT2D eigenvalue weighted by Crippen LogP contribution is -2.41. The van der Waals surface area contributed by atoms with Crippen LogP contribution in [0.4, 0.5) is 11.5 Å². The predicted octanol–water partition coefficient (Wildman–Crippen LogP) is 0.450. The summed E-state index contributed by atoms with van der Waals surface area (Å²) in [5.74, 6) is 1.35. The van der Waals surface area contributed by atoms with Crippen LogP contribution in [0.3, 0.4) is 0 Å². The van der Waals surface area contributed by atoms with Gasteiger partial charge in [0.2, 0.25) is 5.91 Å². The summed E-state index contributed by atoms with van der Waals surface area (Å²) in [6.07, 6.45) is 2.90. The van der Waals surface area contributed by atoms with Crippen molar-refractivity contribution in [2.45, 2.75) is 6.42 Å². The Hall–Kier alpha value is -1.62. The Labute approximate surface area is 100 Å². The van der Waals surface area contributed by atoms with E-state index in [9.17, 15) is 4.79 Å². The molecule has 1 unspecified atom stereocenters. The van der Waals surface area contributed by atoms with E-state index in [1.807, 2.05) is 12.1 Å². The van der Waals surface area contributed by atoms with Crippen LogP contribution in [0.1, 0.15) is 6.42 Å². The van der Waals surface area contributed by atoms with Gasteiger partial charge in [0.15, 0.2) is 5.82 Å². The Bertz CT molecular complexity index is 428. The van der Waals surface area contributed by atoms with Crippen molar-refractivity contribution in [1.29, 1.82) is 0 Å². The van der Waals surface area contributed by atoms with Gasteiger partial charge in [0.25, 0.3) is 0 Å². The molecular weight excluding hydrogens is 216 g/mol. The third kappa shape index (κ3) is 2.10. The van der Waals surface area contributed by atoms with E-state index < -0.39 is 0 Å². The molecule has 5 heteroatoms. The fourth-order valence-electron chi connectivity index (χ4n) is 2.52. The van der Waals surface area contributed by atoms with Crippen LogP contribution in [0, 0.1) is 5.92 Å². The highest BCUT2D eigenvalue weighted by atomic mass is 16.2. The molecule has 1 aromatic rings. The largest absolute Gasteiger partial charge is 0.359 e. The number of hydrogen-bond donors (Lipinski definition) is 2. The first-order valence-electron chi connectivity index (χ1n) is 6.03. The SMILES string of the molecule is O=C1CN(CC2CCNC2)c2cccnc2N1. The van der Waals surface area contributed by atoms with Crippen molar-refractivity contribution in [2.75, 3.05) is 36.4 Å². The molecule has 1 fully saturated rings. The molecule has 17 heavy (non-hydrogen) atoms. The zero-order valence-electron chi connectivity index (χ0n) is 9.65. The standard InChI is InChI=1S/C12H16N4O/c17-11-8-16(7-9-3-5-13-6-9)10-2-1-4-14-12(10)15-11/h1-2,4,9,13H,3,5-8H2,(H,14,15,17). The maximum absolute atomic E-state index is 11.6. The van der Waals surface area contributed by atoms with Crippen molar-refractivity contribution in [3.63, 3.8) is 0 Å². The lowest BCUT2D eigenvalue weighted by molar-refractivity contribution is -0.115. The summed E-state index contributed by atoms with van der Waals surface area (Å²) in [5.41, 5.74) is 1.04. The summed E-state index contributed by atoms with van der Waals surface area (Å²) in [6.45, 7) is 3.51. The van der Waals surface area contributed by atoms with Crippen molar-refractivity contribution < 1.29 is 4.79 Å². The summed E-state index contributed by atoms with van der Waals surface area (Å²) >= 11 is 0. The number of nitrogens with one attached hydrogen (secondary N) is 2. The van der Waals surface area contributed by atoms with Gasteiger partial charge in [0, 0.05) is 12.7 Å². The van der Waals surface area contributed by atoms with Crippen molar-refractivity contribution in [3.8, 4) is 0 Å². The molecule has 1 amide bonds. The maximum Gasteiger partial charge on any atom is 0.245 e. The van der Waals surface area contributed by atoms with E-state index in [1.54, 1.807) is 6.20 Å². The smallest absolute Gasteiger partial charge is 0.245 e. The second kappa shape index (κ2) is 4.33. The highest BCUT2D eigenvalue weighted by Gasteiger charge is 2.26. The first-order valence-corrected chi connectivity index (χ1v) is 6.03. The minimum atomic E-state index is 0.0298. The third-order valence-corrected chi connectivity index (χ3v) is 3.36. The first kappa shape index (κ1) is 10.5. The van der Waals surface area contributed by atoms with E-state index in [2.05, 4.69) is 20.5 Å². The van der Waals surface area contributed by atoms with Gasteiger partial charge in [-0.3, -0.25) is 4.79 Å². The number of rotatable bonds is 2. The molecule has 1 atom stereocenters. The van der Waals surface area contributed by atoms with Gasteiger partial charge in [-0.15, -0.1) is 0 Å². The van der Waals surface area contributed by atoms with Gasteiger partial charge in [-0.25, -0.2) is 4.98 Å². The highest BCUT2D eigenvalue weighted by molar-refractivity contribution is 5.99. The number of pyridine rings is 1. The predicted molar refractivity (Wildman–Crippen MR) is 66.1 cm³/mol. The number of carbonyl (C=O) groups is 1. The van der Waals surface area contributed by atoms with Crippen molar-refractivity contribution >= 4 is 17.4 Å². The topological polar surface area (TPSA) is 57.3 Å². The average molecular weight is 232 g/mol. The maximum atomic E-state index is 11.6. The lowest BCUT2D eigenvalue weighted by Gasteiger charge is -2.31. The van der Waals surface area contributed by atoms with Crippen molar-refractivity contribution in [2.24, 2.45) is 5.92 Å². The Kier molecular flexibility index (Phi) is 2.68. The molecule has 3 heterocycles. The van der Waals surface area contributed by atoms with Gasteiger partial charge < -0.3 is 15.5 Å². The Morgan fingerprint density at radius 3 is 3.29 bits per heavy atom. The van der Waals surface area contributed by atoms with Crippen molar-refractivity contribution in [1.82, 2.24) is 10.3 Å². The third-order valence-electron chi connectivity index (χ3n) is 3.36. The number of aromatic nitrogens is 1. The van der Waals surface area contributed by atoms with E-state index in [0.29, 0.717) is 18.3 Å². The summed E-state index contributed by atoms with van der Waals surface area (Å²) in [6, 6.07) is 3.93. The van der Waals surface area contributed by atoms with Crippen LogP contribution in [0.5, 0.6) is 0 Å². The highest BCUT2D eigenvalue weighted by Crippen LogP contribution is 2.27. The zero-order valence-corrected chi connectivity index (χ0v) is 9.65. The van der Waals surface area contributed by atoms with Crippen LogP contribution in [0.25, 0.3) is 0 Å². The number of anilines is 2. The summed E-state index contributed by atoms with van der Waals surface area (Å²) in [7, 11) is 0. The van der Waals surface area contributed by atoms with Gasteiger partial charge in [0.1, 0.15) is 0 Å². The molecule has 0 radical (unpaired) electrons. The molecule has 5 nitrogen and oxygen atoms in total. The molecule has 0 aliphatic carbocycles. The van der Waals surface area contributed by atoms with Crippen LogP contribution >= 0.6 is 0 Å². The lowest BCUT2D eigenvalue weighted by atomic mass is 10.1. The van der Waals surface area contributed by atoms with Crippen LogP contribution in [0.2, 0.25) is 0 Å². The fourth-order valence-corrected chi connectivity index (χ4v) is 2.52. The second-order valence-electron chi connectivity index (χ2n) is 4.66. The van der Waals surface area contributed by atoms with Gasteiger partial charge in [-0.2, -0.15) is 0 Å². The summed E-state index contributed by atoms with van der Waals surface area (Å²) in [4.78, 5) is 17.9. The van der Waals surface area contributed by atoms with E-state index in [0.717, 1.165) is 25.3 Å². The van der Waals surface area contributed by atoms with Crippen LogP contribution in [0.15, 0.2) is 18.3 Å². The molecule has 0 spiro atoms. The number of hydrogen-bond acceptors (Lipinski definition) is 4. The van der Waals surface area contributed by atoms with Crippen LogP contribution in [-0.4, -0.2) is 37.1 Å². The first-order chi connectivity index (χ1) is 8.33. The molecule has 1 saturated heterocycles. The second-order valence-corrected chi connectivity index (χ2v) is 4.66. The number of carbonyl (C=O) groups excluding carboxylic acids is 1. The molecule has 0 saturated carbocycles. The van der Waals surface area contributed by atoms with Gasteiger partial charge in [0.05, 0.1) is 12.2 Å². The molecule has 2 aliphatic heterocycles. The molecule has 0 aromatic carbocycles. The summed E-state index contributed by atoms with van der Waals surface area (Å²) in [5, 5.41) is 6.16. The Balaban J connectivity index is 1.81. The molecule has 3 rings (SSSR count). The average Bonchev–Trinajstić information content (AvgIpc) is 2.81. The zero-order chi connectivity index (χ0) is 11.7. The molecule has 0 bridgehead atoms. The number of nitrogens with zero attached hydrogens (tertiary/aromatic N) is 2. The van der Waals surface area contributed by atoms with Gasteiger partial charge in [-0.1, -0.05) is 0 Å². The Morgan fingerprint density at radius 1 is 1.53 bits per heavy atom.